The minimum absolute atomic E-state index is 0. The van der Waals surface area contributed by atoms with Crippen molar-refractivity contribution in [1.82, 2.24) is 5.43 Å². The first-order valence-corrected chi connectivity index (χ1v) is 5.52. The third-order valence-corrected chi connectivity index (χ3v) is 1.06. The largest absolute Gasteiger partial charge is 0.393 e. The van der Waals surface area contributed by atoms with Gasteiger partial charge in [0.2, 0.25) is 5.91 Å². The summed E-state index contributed by atoms with van der Waals surface area (Å²) < 4.78 is 0. The molecule has 0 saturated heterocycles. The van der Waals surface area contributed by atoms with Crippen molar-refractivity contribution in [2.45, 2.75) is 61.0 Å². The van der Waals surface area contributed by atoms with Crippen LogP contribution in [0.4, 0.5) is 0 Å². The summed E-state index contributed by atoms with van der Waals surface area (Å²) in [4.78, 5) is 19.3. The van der Waals surface area contributed by atoms with Crippen LogP contribution < -0.4 is 5.43 Å². The van der Waals surface area contributed by atoms with Gasteiger partial charge >= 0.3 is 0 Å². The Morgan fingerprint density at radius 2 is 1.70 bits per heavy atom. The molecule has 2 radical (unpaired) electrons. The van der Waals surface area contributed by atoms with Gasteiger partial charge in [-0.2, -0.15) is 5.10 Å². The zero-order valence-corrected chi connectivity index (χ0v) is 18.3. The van der Waals surface area contributed by atoms with E-state index < -0.39 is 0 Å². The number of rotatable bonds is 3. The smallest absolute Gasteiger partial charge is 0.236 e. The standard InChI is InChI=1S/C5H12O.C4H8N2O.C3H5O.CH4.2Y/c1-3-4-5(2)6;1-3-5-6-4(2)7;1-3(2)4;;;/h5-6H,3-4H2,1-2H3;3H,1-2H3,(H,6,7);1H2,2H3;1H4;;/q;;-1;;;. The number of nitrogens with zero attached hydrogens (tertiary/aromatic N) is 1. The molecule has 0 spiro atoms. The molecule has 0 aliphatic rings. The van der Waals surface area contributed by atoms with E-state index >= 15 is 0 Å². The Morgan fingerprint density at radius 3 is 1.75 bits per heavy atom. The maximum atomic E-state index is 9.98. The monoisotopic (exact) mass is 439 g/mol. The summed E-state index contributed by atoms with van der Waals surface area (Å²) in [5.74, 6) is -0.224. The third-order valence-electron chi connectivity index (χ3n) is 1.06. The molecule has 1 unspecified atom stereocenters. The van der Waals surface area contributed by atoms with Crippen LogP contribution in [0.1, 0.15) is 54.9 Å². The van der Waals surface area contributed by atoms with Crippen LogP contribution in [0.15, 0.2) is 5.10 Å². The Balaban J connectivity index is -0.0000000352. The van der Waals surface area contributed by atoms with Crippen molar-refractivity contribution in [3.05, 3.63) is 6.92 Å². The predicted octanol–water partition coefficient (Wildman–Crippen LogP) is 2.34. The van der Waals surface area contributed by atoms with Crippen LogP contribution in [0.3, 0.4) is 0 Å². The van der Waals surface area contributed by atoms with Gasteiger partial charge in [0.25, 0.3) is 0 Å². The molecule has 0 saturated carbocycles. The maximum Gasteiger partial charge on any atom is 0.236 e. The van der Waals surface area contributed by atoms with Crippen molar-refractivity contribution in [1.29, 1.82) is 0 Å². The van der Waals surface area contributed by atoms with Crippen LogP contribution in [0.5, 0.6) is 0 Å². The van der Waals surface area contributed by atoms with Gasteiger partial charge in [-0.15, -0.1) is 0 Å². The molecule has 7 heteroatoms. The number of Topliss-reactive ketones (excluding diaryl/α,β-unsaturated/α-hetero) is 1. The van der Waals surface area contributed by atoms with Gasteiger partial charge < -0.3 is 16.8 Å². The second-order valence-corrected chi connectivity index (χ2v) is 3.39. The van der Waals surface area contributed by atoms with Crippen LogP contribution in [0, 0.1) is 6.92 Å². The van der Waals surface area contributed by atoms with Crippen molar-refractivity contribution >= 4 is 17.9 Å². The van der Waals surface area contributed by atoms with Gasteiger partial charge in [0, 0.05) is 78.6 Å². The molecule has 0 heterocycles. The number of aliphatic hydroxyl groups is 1. The average Bonchev–Trinajstić information content (AvgIpc) is 2.14. The average molecular weight is 439 g/mol. The van der Waals surface area contributed by atoms with Gasteiger partial charge in [-0.25, -0.2) is 5.43 Å². The molecule has 1 atom stereocenters. The maximum absolute atomic E-state index is 9.98. The quantitative estimate of drug-likeness (QED) is 0.403. The van der Waals surface area contributed by atoms with E-state index in [1.54, 1.807) is 6.92 Å². The topological polar surface area (TPSA) is 78.8 Å². The predicted molar refractivity (Wildman–Crippen MR) is 77.3 cm³/mol. The molecule has 20 heavy (non-hydrogen) atoms. The van der Waals surface area contributed by atoms with E-state index in [1.807, 2.05) is 6.92 Å². The number of amides is 1. The molecule has 0 aromatic rings. The van der Waals surface area contributed by atoms with Crippen molar-refractivity contribution in [2.75, 3.05) is 0 Å². The molecule has 0 bridgehead atoms. The molecular weight excluding hydrogens is 410 g/mol. The van der Waals surface area contributed by atoms with Gasteiger partial charge in [-0.1, -0.05) is 20.8 Å². The van der Waals surface area contributed by atoms with Crippen LogP contribution in [0.25, 0.3) is 0 Å². The Hall–Kier alpha value is 0.848. The van der Waals surface area contributed by atoms with Crippen LogP contribution >= 0.6 is 0 Å². The van der Waals surface area contributed by atoms with E-state index in [0.717, 1.165) is 12.8 Å². The summed E-state index contributed by atoms with van der Waals surface area (Å²) in [6, 6.07) is 0. The number of carbonyl (C=O) groups excluding carboxylic acids is 2. The van der Waals surface area contributed by atoms with Crippen molar-refractivity contribution in [3.63, 3.8) is 0 Å². The van der Waals surface area contributed by atoms with E-state index in [4.69, 9.17) is 5.11 Å². The summed E-state index contributed by atoms with van der Waals surface area (Å²) in [5.41, 5.74) is 2.23. The molecule has 0 aliphatic heterocycles. The normalized spacial score (nSPS) is 8.90. The molecule has 1 amide bonds. The molecule has 0 aliphatic carbocycles. The van der Waals surface area contributed by atoms with Gasteiger partial charge in [-0.3, -0.25) is 4.79 Å². The Morgan fingerprint density at radius 1 is 1.35 bits per heavy atom. The van der Waals surface area contributed by atoms with Crippen molar-refractivity contribution in [3.8, 4) is 0 Å². The SMILES string of the molecule is C.CC=NNC(C)=O.CCCC(C)O.[CH2-]C(C)=O.[Y].[Y]. The van der Waals surface area contributed by atoms with Crippen LogP contribution in [0.2, 0.25) is 0 Å². The summed E-state index contributed by atoms with van der Waals surface area (Å²) >= 11 is 0. The van der Waals surface area contributed by atoms with Crippen LogP contribution in [-0.4, -0.2) is 29.1 Å². The Kier molecular flexibility index (Phi) is 59.6. The zero-order valence-electron chi connectivity index (χ0n) is 12.6. The summed E-state index contributed by atoms with van der Waals surface area (Å²) in [6.45, 7) is 11.4. The minimum atomic E-state index is -0.141. The second kappa shape index (κ2) is 32.0. The number of hydrogen-bond donors (Lipinski definition) is 2. The van der Waals surface area contributed by atoms with Gasteiger partial charge in [0.15, 0.2) is 0 Å². The first kappa shape index (κ1) is 37.3. The van der Waals surface area contributed by atoms with E-state index in [1.165, 1.54) is 20.1 Å². The van der Waals surface area contributed by atoms with Gasteiger partial charge in [0.1, 0.15) is 0 Å². The Labute approximate surface area is 174 Å². The fourth-order valence-electron chi connectivity index (χ4n) is 0.573. The number of hydrazone groups is 1. The summed E-state index contributed by atoms with van der Waals surface area (Å²) in [6.07, 6.45) is 3.42. The number of nitrogens with one attached hydrogen (secondary N) is 1. The first-order chi connectivity index (χ1) is 7.77. The summed E-state index contributed by atoms with van der Waals surface area (Å²) in [7, 11) is 0. The second-order valence-electron chi connectivity index (χ2n) is 3.39. The fraction of sp³-hybridized carbons (Fsp3) is 0.692. The molecule has 0 fully saturated rings. The molecular formula is C13H29N2O3Y2-. The molecule has 0 rings (SSSR count). The molecule has 5 nitrogen and oxygen atoms in total. The van der Waals surface area contributed by atoms with E-state index in [0.29, 0.717) is 0 Å². The number of carbonyl (C=O) groups is 2. The van der Waals surface area contributed by atoms with Crippen molar-refractivity contribution < 1.29 is 80.1 Å². The number of ketones is 1. The number of hydrogen-bond acceptors (Lipinski definition) is 4. The zero-order chi connectivity index (χ0) is 14.3. The van der Waals surface area contributed by atoms with Gasteiger partial charge in [-0.05, 0) is 33.0 Å². The number of aliphatic hydroxyl groups excluding tert-OH is 1. The van der Waals surface area contributed by atoms with E-state index in [2.05, 4.69) is 24.4 Å². The Bertz CT molecular complexity index is 220. The summed E-state index contributed by atoms with van der Waals surface area (Å²) in [5, 5.41) is 12.0. The molecule has 116 valence electrons. The third kappa shape index (κ3) is 97.5. The van der Waals surface area contributed by atoms with Crippen molar-refractivity contribution in [2.24, 2.45) is 5.10 Å². The van der Waals surface area contributed by atoms with E-state index in [-0.39, 0.29) is 90.6 Å². The first-order valence-electron chi connectivity index (χ1n) is 5.52. The minimum Gasteiger partial charge on any atom is -0.393 e. The molecule has 2 N–H and O–H groups in total. The van der Waals surface area contributed by atoms with Crippen LogP contribution in [-0.2, 0) is 75.0 Å². The fourth-order valence-corrected chi connectivity index (χ4v) is 0.573. The van der Waals surface area contributed by atoms with E-state index in [9.17, 15) is 9.59 Å². The molecule has 0 aromatic heterocycles. The van der Waals surface area contributed by atoms with Gasteiger partial charge in [0.05, 0.1) is 6.10 Å². The molecule has 0 aromatic carbocycles.